The maximum absolute atomic E-state index is 12.3. The molecule has 8 nitrogen and oxygen atoms in total. The van der Waals surface area contributed by atoms with Gasteiger partial charge in [0.05, 0.1) is 30.8 Å². The number of halogens is 1. The summed E-state index contributed by atoms with van der Waals surface area (Å²) in [4.78, 5) is 25.2. The molecule has 0 radical (unpaired) electrons. The molecule has 2 aromatic rings. The van der Waals surface area contributed by atoms with Crippen LogP contribution in [0.4, 0.5) is 11.4 Å². The SMILES string of the molecule is COc1ccc(NC(=O)CCN2CCO[C@@H](c3ccc(Cl)cc3)C2)c([N+](=O)[O-])c1. The third-order valence-corrected chi connectivity index (χ3v) is 4.98. The predicted molar refractivity (Wildman–Crippen MR) is 109 cm³/mol. The van der Waals surface area contributed by atoms with Gasteiger partial charge in [-0.15, -0.1) is 0 Å². The smallest absolute Gasteiger partial charge is 0.296 e. The van der Waals surface area contributed by atoms with Crippen molar-refractivity contribution in [3.63, 3.8) is 0 Å². The number of carbonyl (C=O) groups excluding carboxylic acids is 1. The van der Waals surface area contributed by atoms with Gasteiger partial charge >= 0.3 is 0 Å². The van der Waals surface area contributed by atoms with Gasteiger partial charge < -0.3 is 14.8 Å². The minimum Gasteiger partial charge on any atom is -0.496 e. The summed E-state index contributed by atoms with van der Waals surface area (Å²) in [7, 11) is 1.43. The monoisotopic (exact) mass is 419 g/mol. The summed E-state index contributed by atoms with van der Waals surface area (Å²) >= 11 is 5.93. The largest absolute Gasteiger partial charge is 0.496 e. The van der Waals surface area contributed by atoms with Gasteiger partial charge in [-0.2, -0.15) is 0 Å². The number of nitrogens with one attached hydrogen (secondary N) is 1. The number of benzene rings is 2. The Bertz CT molecular complexity index is 875. The minimum atomic E-state index is -0.545. The Hall–Kier alpha value is -2.68. The first-order valence-corrected chi connectivity index (χ1v) is 9.56. The summed E-state index contributed by atoms with van der Waals surface area (Å²) in [6, 6.07) is 11.9. The van der Waals surface area contributed by atoms with Crippen molar-refractivity contribution >= 4 is 28.9 Å². The van der Waals surface area contributed by atoms with E-state index in [-0.39, 0.29) is 29.8 Å². The highest BCUT2D eigenvalue weighted by atomic mass is 35.5. The number of amides is 1. The zero-order valence-corrected chi connectivity index (χ0v) is 16.7. The molecule has 1 aliphatic heterocycles. The quantitative estimate of drug-likeness (QED) is 0.543. The Balaban J connectivity index is 1.55. The zero-order valence-electron chi connectivity index (χ0n) is 16.0. The third-order valence-electron chi connectivity index (χ3n) is 4.72. The fraction of sp³-hybridized carbons (Fsp3) is 0.350. The van der Waals surface area contributed by atoms with E-state index in [1.54, 1.807) is 6.07 Å². The second-order valence-corrected chi connectivity index (χ2v) is 7.09. The molecule has 1 aliphatic rings. The molecular formula is C20H22ClN3O5. The van der Waals surface area contributed by atoms with Gasteiger partial charge in [-0.25, -0.2) is 0 Å². The molecule has 0 bridgehead atoms. The lowest BCUT2D eigenvalue weighted by atomic mass is 10.1. The van der Waals surface area contributed by atoms with Crippen molar-refractivity contribution in [1.29, 1.82) is 0 Å². The van der Waals surface area contributed by atoms with Crippen LogP contribution in [0.15, 0.2) is 42.5 Å². The number of nitro benzene ring substituents is 1. The molecule has 0 aromatic heterocycles. The summed E-state index contributed by atoms with van der Waals surface area (Å²) in [5, 5.41) is 14.5. The van der Waals surface area contributed by atoms with Crippen LogP contribution in [0.25, 0.3) is 0 Å². The topological polar surface area (TPSA) is 93.9 Å². The molecule has 1 fully saturated rings. The number of nitro groups is 1. The second-order valence-electron chi connectivity index (χ2n) is 6.65. The summed E-state index contributed by atoms with van der Waals surface area (Å²) in [6.45, 7) is 2.49. The van der Waals surface area contributed by atoms with Gasteiger partial charge in [-0.05, 0) is 29.8 Å². The molecule has 1 atom stereocenters. The maximum atomic E-state index is 12.3. The van der Waals surface area contributed by atoms with Crippen LogP contribution in [0.3, 0.4) is 0 Å². The molecule has 1 heterocycles. The fourth-order valence-electron chi connectivity index (χ4n) is 3.15. The molecule has 9 heteroatoms. The summed E-state index contributed by atoms with van der Waals surface area (Å²) < 4.78 is 10.8. The van der Waals surface area contributed by atoms with Crippen LogP contribution in [0, 0.1) is 10.1 Å². The van der Waals surface area contributed by atoms with Crippen molar-refractivity contribution in [2.75, 3.05) is 38.7 Å². The Kier molecular flexibility index (Phi) is 7.03. The van der Waals surface area contributed by atoms with Crippen molar-refractivity contribution in [2.45, 2.75) is 12.5 Å². The van der Waals surface area contributed by atoms with Gasteiger partial charge in [0.2, 0.25) is 5.91 Å². The molecular weight excluding hydrogens is 398 g/mol. The number of ether oxygens (including phenoxy) is 2. The van der Waals surface area contributed by atoms with Crippen LogP contribution >= 0.6 is 11.6 Å². The van der Waals surface area contributed by atoms with Crippen LogP contribution < -0.4 is 10.1 Å². The number of rotatable bonds is 7. The summed E-state index contributed by atoms with van der Waals surface area (Å²) in [6.07, 6.45) is 0.142. The van der Waals surface area contributed by atoms with E-state index in [4.69, 9.17) is 21.1 Å². The first kappa shape index (κ1) is 21.0. The molecule has 3 rings (SSSR count). The average Bonchev–Trinajstić information content (AvgIpc) is 2.73. The predicted octanol–water partition coefficient (Wildman–Crippen LogP) is 3.66. The standard InChI is InChI=1S/C20H22ClN3O5/c1-28-16-6-7-17(18(12-16)24(26)27)22-20(25)8-9-23-10-11-29-19(13-23)14-2-4-15(21)5-3-14/h2-7,12,19H,8-11,13H2,1H3,(H,22,25)/t19-/m1/s1. The number of carbonyl (C=O) groups is 1. The van der Waals surface area contributed by atoms with Crippen LogP contribution in [0.1, 0.15) is 18.1 Å². The fourth-order valence-corrected chi connectivity index (χ4v) is 3.28. The highest BCUT2D eigenvalue weighted by molar-refractivity contribution is 6.30. The van der Waals surface area contributed by atoms with E-state index in [2.05, 4.69) is 10.2 Å². The minimum absolute atomic E-state index is 0.0771. The molecule has 0 saturated carbocycles. The Morgan fingerprint density at radius 1 is 1.34 bits per heavy atom. The number of hydrogen-bond donors (Lipinski definition) is 1. The van der Waals surface area contributed by atoms with Crippen LogP contribution in [0.2, 0.25) is 5.02 Å². The lowest BCUT2D eigenvalue weighted by Crippen LogP contribution is -2.39. The van der Waals surface area contributed by atoms with Gasteiger partial charge in [0, 0.05) is 31.1 Å². The lowest BCUT2D eigenvalue weighted by molar-refractivity contribution is -0.384. The first-order chi connectivity index (χ1) is 14.0. The van der Waals surface area contributed by atoms with Crippen molar-refractivity contribution in [2.24, 2.45) is 0 Å². The van der Waals surface area contributed by atoms with E-state index in [1.165, 1.54) is 19.2 Å². The molecule has 29 heavy (non-hydrogen) atoms. The Morgan fingerprint density at radius 2 is 2.10 bits per heavy atom. The summed E-state index contributed by atoms with van der Waals surface area (Å²) in [5.74, 6) is 0.0732. The van der Waals surface area contributed by atoms with Crippen molar-refractivity contribution in [1.82, 2.24) is 4.90 Å². The highest BCUT2D eigenvalue weighted by Gasteiger charge is 2.23. The van der Waals surface area contributed by atoms with Crippen molar-refractivity contribution < 1.29 is 19.2 Å². The number of morpholine rings is 1. The van der Waals surface area contributed by atoms with E-state index in [0.29, 0.717) is 30.5 Å². The van der Waals surface area contributed by atoms with E-state index in [0.717, 1.165) is 12.1 Å². The maximum Gasteiger partial charge on any atom is 0.296 e. The van der Waals surface area contributed by atoms with E-state index in [9.17, 15) is 14.9 Å². The molecule has 0 unspecified atom stereocenters. The van der Waals surface area contributed by atoms with E-state index < -0.39 is 4.92 Å². The number of anilines is 1. The molecule has 154 valence electrons. The van der Waals surface area contributed by atoms with Crippen LogP contribution in [0.5, 0.6) is 5.75 Å². The molecule has 1 amide bonds. The van der Waals surface area contributed by atoms with Crippen LogP contribution in [-0.4, -0.2) is 49.1 Å². The first-order valence-electron chi connectivity index (χ1n) is 9.18. The van der Waals surface area contributed by atoms with E-state index >= 15 is 0 Å². The van der Waals surface area contributed by atoms with Gasteiger partial charge in [0.1, 0.15) is 11.4 Å². The van der Waals surface area contributed by atoms with Gasteiger partial charge in [0.15, 0.2) is 0 Å². The molecule has 1 N–H and O–H groups in total. The Labute approximate surface area is 173 Å². The van der Waals surface area contributed by atoms with Gasteiger partial charge in [-0.3, -0.25) is 19.8 Å². The van der Waals surface area contributed by atoms with Crippen molar-refractivity contribution in [3.05, 3.63) is 63.2 Å². The van der Waals surface area contributed by atoms with Gasteiger partial charge in [-0.1, -0.05) is 23.7 Å². The third kappa shape index (κ3) is 5.66. The van der Waals surface area contributed by atoms with Gasteiger partial charge in [0.25, 0.3) is 5.69 Å². The molecule has 1 saturated heterocycles. The second kappa shape index (κ2) is 9.69. The highest BCUT2D eigenvalue weighted by Crippen LogP contribution is 2.29. The molecule has 2 aromatic carbocycles. The molecule has 0 spiro atoms. The number of hydrogen-bond acceptors (Lipinski definition) is 6. The lowest BCUT2D eigenvalue weighted by Gasteiger charge is -2.33. The molecule has 0 aliphatic carbocycles. The van der Waals surface area contributed by atoms with Crippen molar-refractivity contribution in [3.8, 4) is 5.75 Å². The zero-order chi connectivity index (χ0) is 20.8. The normalized spacial score (nSPS) is 17.0. The number of nitrogens with zero attached hydrogens (tertiary/aromatic N) is 2. The Morgan fingerprint density at radius 3 is 2.79 bits per heavy atom. The van der Waals surface area contributed by atoms with E-state index in [1.807, 2.05) is 24.3 Å². The average molecular weight is 420 g/mol. The summed E-state index contributed by atoms with van der Waals surface area (Å²) in [5.41, 5.74) is 0.992. The van der Waals surface area contributed by atoms with Crippen LogP contribution in [-0.2, 0) is 9.53 Å². The number of methoxy groups -OCH3 is 1.